The molecule has 0 aliphatic rings. The van der Waals surface area contributed by atoms with Gasteiger partial charge in [0.1, 0.15) is 11.0 Å². The molecule has 1 aromatic carbocycles. The Balaban J connectivity index is 2.56. The summed E-state index contributed by atoms with van der Waals surface area (Å²) in [6, 6.07) is 7.40. The van der Waals surface area contributed by atoms with Gasteiger partial charge in [0.2, 0.25) is 0 Å². The number of aromatic nitrogens is 2. The zero-order valence-electron chi connectivity index (χ0n) is 11.8. The van der Waals surface area contributed by atoms with Gasteiger partial charge in [-0.15, -0.1) is 0 Å². The van der Waals surface area contributed by atoms with E-state index in [1.807, 2.05) is 18.2 Å². The molecule has 5 heteroatoms. The second kappa shape index (κ2) is 6.57. The van der Waals surface area contributed by atoms with Crippen LogP contribution in [0.5, 0.6) is 11.5 Å². The van der Waals surface area contributed by atoms with Gasteiger partial charge in [-0.2, -0.15) is 0 Å². The van der Waals surface area contributed by atoms with Gasteiger partial charge >= 0.3 is 0 Å². The van der Waals surface area contributed by atoms with Crippen molar-refractivity contribution in [3.05, 3.63) is 35.2 Å². The van der Waals surface area contributed by atoms with E-state index in [9.17, 15) is 0 Å². The second-order valence-corrected chi connectivity index (χ2v) is 4.67. The Morgan fingerprint density at radius 3 is 2.60 bits per heavy atom. The topological polar surface area (TPSA) is 44.2 Å². The van der Waals surface area contributed by atoms with Crippen molar-refractivity contribution in [3.8, 4) is 22.8 Å². The summed E-state index contributed by atoms with van der Waals surface area (Å²) in [6.45, 7) is 2.08. The molecular formula is C15H17ClN2O2. The van der Waals surface area contributed by atoms with E-state index in [-0.39, 0.29) is 0 Å². The monoisotopic (exact) mass is 292 g/mol. The molecule has 0 unspecified atom stereocenters. The molecule has 0 radical (unpaired) electrons. The van der Waals surface area contributed by atoms with Crippen molar-refractivity contribution in [1.82, 2.24) is 9.97 Å². The van der Waals surface area contributed by atoms with Gasteiger partial charge in [-0.3, -0.25) is 0 Å². The van der Waals surface area contributed by atoms with Crippen LogP contribution in [-0.4, -0.2) is 24.2 Å². The fourth-order valence-electron chi connectivity index (χ4n) is 2.03. The molecular weight excluding hydrogens is 276 g/mol. The van der Waals surface area contributed by atoms with Crippen molar-refractivity contribution < 1.29 is 9.47 Å². The number of nitrogens with zero attached hydrogens (tertiary/aromatic N) is 2. The van der Waals surface area contributed by atoms with E-state index in [4.69, 9.17) is 21.1 Å². The van der Waals surface area contributed by atoms with Crippen LogP contribution in [0.4, 0.5) is 0 Å². The van der Waals surface area contributed by atoms with Gasteiger partial charge in [0.25, 0.3) is 0 Å². The highest BCUT2D eigenvalue weighted by atomic mass is 35.5. The fraction of sp³-hybridized carbons (Fsp3) is 0.333. The van der Waals surface area contributed by atoms with E-state index in [0.717, 1.165) is 29.9 Å². The van der Waals surface area contributed by atoms with E-state index in [1.54, 1.807) is 20.3 Å². The average Bonchev–Trinajstić information content (AvgIpc) is 2.46. The van der Waals surface area contributed by atoms with Crippen LogP contribution in [0.1, 0.15) is 19.2 Å². The number of halogens is 1. The lowest BCUT2D eigenvalue weighted by molar-refractivity contribution is 0.356. The molecule has 4 nitrogen and oxygen atoms in total. The minimum Gasteiger partial charge on any atom is -0.493 e. The largest absolute Gasteiger partial charge is 0.493 e. The first-order valence-corrected chi connectivity index (χ1v) is 6.82. The van der Waals surface area contributed by atoms with Crippen molar-refractivity contribution in [2.45, 2.75) is 19.8 Å². The van der Waals surface area contributed by atoms with Crippen LogP contribution in [0.2, 0.25) is 5.15 Å². The van der Waals surface area contributed by atoms with Gasteiger partial charge in [-0.05, 0) is 18.6 Å². The van der Waals surface area contributed by atoms with Gasteiger partial charge < -0.3 is 9.47 Å². The molecule has 0 fully saturated rings. The molecule has 0 spiro atoms. The third kappa shape index (κ3) is 3.02. The Labute approximate surface area is 123 Å². The van der Waals surface area contributed by atoms with Crippen LogP contribution in [0, 0.1) is 0 Å². The maximum atomic E-state index is 6.08. The van der Waals surface area contributed by atoms with Crippen molar-refractivity contribution >= 4 is 11.6 Å². The summed E-state index contributed by atoms with van der Waals surface area (Å²) in [7, 11) is 3.22. The third-order valence-corrected chi connectivity index (χ3v) is 3.09. The number of hydrogen-bond donors (Lipinski definition) is 0. The first-order chi connectivity index (χ1) is 9.69. The average molecular weight is 293 g/mol. The lowest BCUT2D eigenvalue weighted by atomic mass is 10.1. The van der Waals surface area contributed by atoms with E-state index in [2.05, 4.69) is 16.9 Å². The molecule has 2 aromatic rings. The van der Waals surface area contributed by atoms with Gasteiger partial charge in [0.05, 0.1) is 19.9 Å². The highest BCUT2D eigenvalue weighted by Crippen LogP contribution is 2.37. The maximum Gasteiger partial charge on any atom is 0.170 e. The molecule has 0 saturated heterocycles. The zero-order chi connectivity index (χ0) is 14.5. The zero-order valence-corrected chi connectivity index (χ0v) is 12.6. The summed E-state index contributed by atoms with van der Waals surface area (Å²) in [5, 5.41) is 0.434. The smallest absolute Gasteiger partial charge is 0.170 e. The Bertz CT molecular complexity index is 602. The Hall–Kier alpha value is -1.81. The summed E-state index contributed by atoms with van der Waals surface area (Å²) in [4.78, 5) is 8.78. The highest BCUT2D eigenvalue weighted by Gasteiger charge is 2.14. The normalized spacial score (nSPS) is 10.4. The van der Waals surface area contributed by atoms with Crippen molar-refractivity contribution in [1.29, 1.82) is 0 Å². The maximum absolute atomic E-state index is 6.08. The number of para-hydroxylation sites is 1. The van der Waals surface area contributed by atoms with Gasteiger partial charge in [0, 0.05) is 18.1 Å². The van der Waals surface area contributed by atoms with E-state index < -0.39 is 0 Å². The van der Waals surface area contributed by atoms with Gasteiger partial charge in [0.15, 0.2) is 11.5 Å². The molecule has 106 valence electrons. The molecule has 0 atom stereocenters. The van der Waals surface area contributed by atoms with E-state index in [1.165, 1.54) is 0 Å². The predicted molar refractivity (Wildman–Crippen MR) is 79.6 cm³/mol. The van der Waals surface area contributed by atoms with Crippen LogP contribution in [0.3, 0.4) is 0 Å². The number of aryl methyl sites for hydroxylation is 1. The summed E-state index contributed by atoms with van der Waals surface area (Å²) in [6.07, 6.45) is 1.76. The molecule has 1 heterocycles. The molecule has 20 heavy (non-hydrogen) atoms. The number of rotatable bonds is 5. The van der Waals surface area contributed by atoms with E-state index >= 15 is 0 Å². The van der Waals surface area contributed by atoms with Crippen molar-refractivity contribution in [3.63, 3.8) is 0 Å². The Morgan fingerprint density at radius 2 is 1.95 bits per heavy atom. The standard InChI is InChI=1S/C15H17ClN2O2/c1-4-6-14-17-11(9-13(16)18-14)10-7-5-8-12(19-2)15(10)20-3/h5,7-9H,4,6H2,1-3H3. The lowest BCUT2D eigenvalue weighted by Crippen LogP contribution is -1.99. The lowest BCUT2D eigenvalue weighted by Gasteiger charge is -2.12. The summed E-state index contributed by atoms with van der Waals surface area (Å²) < 4.78 is 10.7. The summed E-state index contributed by atoms with van der Waals surface area (Å²) >= 11 is 6.08. The molecule has 0 saturated carbocycles. The van der Waals surface area contributed by atoms with Crippen LogP contribution in [-0.2, 0) is 6.42 Å². The first kappa shape index (κ1) is 14.6. The van der Waals surface area contributed by atoms with Crippen molar-refractivity contribution in [2.75, 3.05) is 14.2 Å². The number of benzene rings is 1. The first-order valence-electron chi connectivity index (χ1n) is 6.44. The van der Waals surface area contributed by atoms with E-state index in [0.29, 0.717) is 16.7 Å². The number of methoxy groups -OCH3 is 2. The van der Waals surface area contributed by atoms with Crippen molar-refractivity contribution in [2.24, 2.45) is 0 Å². The molecule has 0 aliphatic carbocycles. The minimum absolute atomic E-state index is 0.434. The molecule has 0 amide bonds. The Kier molecular flexibility index (Phi) is 4.79. The molecule has 0 bridgehead atoms. The molecule has 1 aromatic heterocycles. The molecule has 0 aliphatic heterocycles. The quantitative estimate of drug-likeness (QED) is 0.787. The SMILES string of the molecule is CCCc1nc(Cl)cc(-c2cccc(OC)c2OC)n1. The molecule has 2 rings (SSSR count). The third-order valence-electron chi connectivity index (χ3n) is 2.89. The van der Waals surface area contributed by atoms with Gasteiger partial charge in [-0.25, -0.2) is 9.97 Å². The predicted octanol–water partition coefficient (Wildman–Crippen LogP) is 3.77. The number of hydrogen-bond acceptors (Lipinski definition) is 4. The summed E-state index contributed by atoms with van der Waals surface area (Å²) in [5.74, 6) is 2.05. The summed E-state index contributed by atoms with van der Waals surface area (Å²) in [5.41, 5.74) is 1.58. The Morgan fingerprint density at radius 1 is 1.15 bits per heavy atom. The molecule has 0 N–H and O–H groups in total. The fourth-order valence-corrected chi connectivity index (χ4v) is 2.23. The highest BCUT2D eigenvalue weighted by molar-refractivity contribution is 6.29. The van der Waals surface area contributed by atoms with Crippen LogP contribution in [0.25, 0.3) is 11.3 Å². The van der Waals surface area contributed by atoms with Gasteiger partial charge in [-0.1, -0.05) is 24.6 Å². The van der Waals surface area contributed by atoms with Crippen LogP contribution >= 0.6 is 11.6 Å². The van der Waals surface area contributed by atoms with Crippen LogP contribution < -0.4 is 9.47 Å². The minimum atomic E-state index is 0.434. The second-order valence-electron chi connectivity index (χ2n) is 4.28. The van der Waals surface area contributed by atoms with Crippen LogP contribution in [0.15, 0.2) is 24.3 Å². The number of ether oxygens (including phenoxy) is 2.